The summed E-state index contributed by atoms with van der Waals surface area (Å²) >= 11 is 0. The van der Waals surface area contributed by atoms with E-state index in [4.69, 9.17) is 4.74 Å². The van der Waals surface area contributed by atoms with E-state index in [1.165, 1.54) is 0 Å². The maximum atomic E-state index is 11.5. The van der Waals surface area contributed by atoms with Crippen LogP contribution in [0.3, 0.4) is 0 Å². The molecule has 0 fully saturated rings. The highest BCUT2D eigenvalue weighted by Crippen LogP contribution is 2.33. The first kappa shape index (κ1) is 18.2. The molecule has 0 saturated carbocycles. The minimum absolute atomic E-state index is 0.0761. The van der Waals surface area contributed by atoms with Crippen molar-refractivity contribution in [2.24, 2.45) is 5.92 Å². The van der Waals surface area contributed by atoms with E-state index in [0.29, 0.717) is 12.1 Å². The summed E-state index contributed by atoms with van der Waals surface area (Å²) in [5.41, 5.74) is 2.11. The average Bonchev–Trinajstić information content (AvgIpc) is 2.58. The highest BCUT2D eigenvalue weighted by molar-refractivity contribution is 5.21. The van der Waals surface area contributed by atoms with Crippen molar-refractivity contribution in [2.45, 2.75) is 44.8 Å². The van der Waals surface area contributed by atoms with Gasteiger partial charge in [-0.25, -0.2) is 0 Å². The molecule has 0 spiro atoms. The molecule has 0 aliphatic heterocycles. The van der Waals surface area contributed by atoms with Crippen LogP contribution in [0.2, 0.25) is 0 Å². The van der Waals surface area contributed by atoms with E-state index in [9.17, 15) is 10.1 Å². The number of nitro groups is 1. The largest absolute Gasteiger partial charge is 0.377 e. The molecule has 5 nitrogen and oxygen atoms in total. The minimum atomic E-state index is -0.241. The Kier molecular flexibility index (Phi) is 6.55. The molecule has 24 heavy (non-hydrogen) atoms. The minimum Gasteiger partial charge on any atom is -0.377 e. The number of methoxy groups -OCH3 is 1. The van der Waals surface area contributed by atoms with E-state index in [0.717, 1.165) is 30.5 Å². The summed E-state index contributed by atoms with van der Waals surface area (Å²) in [7, 11) is 1.67. The second-order valence-corrected chi connectivity index (χ2v) is 6.23. The maximum Gasteiger partial charge on any atom is 0.265 e. The van der Waals surface area contributed by atoms with Gasteiger partial charge in [0.15, 0.2) is 0 Å². The van der Waals surface area contributed by atoms with E-state index in [1.807, 2.05) is 43.3 Å². The van der Waals surface area contributed by atoms with E-state index >= 15 is 0 Å². The molecule has 1 aliphatic rings. The lowest BCUT2D eigenvalue weighted by Crippen LogP contribution is -2.37. The van der Waals surface area contributed by atoms with Gasteiger partial charge >= 0.3 is 0 Å². The summed E-state index contributed by atoms with van der Waals surface area (Å²) in [6.07, 6.45) is 4.72. The van der Waals surface area contributed by atoms with Crippen molar-refractivity contribution in [3.05, 3.63) is 70.1 Å². The van der Waals surface area contributed by atoms with Crippen molar-refractivity contribution >= 4 is 0 Å². The fourth-order valence-corrected chi connectivity index (χ4v) is 3.45. The lowest BCUT2D eigenvalue weighted by molar-refractivity contribution is -0.431. The van der Waals surface area contributed by atoms with Gasteiger partial charge in [0, 0.05) is 19.4 Å². The summed E-state index contributed by atoms with van der Waals surface area (Å²) in [6, 6.07) is 9.85. The molecular formula is C19H26N2O3. The van der Waals surface area contributed by atoms with Gasteiger partial charge in [-0.1, -0.05) is 36.4 Å². The third-order valence-corrected chi connectivity index (χ3v) is 4.58. The van der Waals surface area contributed by atoms with Crippen molar-refractivity contribution < 1.29 is 9.66 Å². The van der Waals surface area contributed by atoms with Crippen molar-refractivity contribution in [2.75, 3.05) is 7.11 Å². The monoisotopic (exact) mass is 330 g/mol. The van der Waals surface area contributed by atoms with Crippen LogP contribution in [0, 0.1) is 16.0 Å². The van der Waals surface area contributed by atoms with Crippen molar-refractivity contribution in [1.29, 1.82) is 0 Å². The molecule has 0 bridgehead atoms. The van der Waals surface area contributed by atoms with Gasteiger partial charge in [0.05, 0.1) is 16.7 Å². The Morgan fingerprint density at radius 3 is 2.75 bits per heavy atom. The third-order valence-electron chi connectivity index (χ3n) is 4.58. The van der Waals surface area contributed by atoms with Gasteiger partial charge in [-0.3, -0.25) is 10.1 Å². The van der Waals surface area contributed by atoms with E-state index < -0.39 is 0 Å². The van der Waals surface area contributed by atoms with E-state index in [2.05, 4.69) is 11.9 Å². The Morgan fingerprint density at radius 1 is 1.46 bits per heavy atom. The SMILES string of the molecule is C=CC[C@H]1CCCC([N+](=O)[O-])=C1N[C@H](C)[C@H](OC)c1ccccc1. The summed E-state index contributed by atoms with van der Waals surface area (Å²) in [4.78, 5) is 11.2. The molecule has 0 amide bonds. The Bertz CT molecular complexity index is 598. The molecule has 0 unspecified atom stereocenters. The van der Waals surface area contributed by atoms with Crippen molar-refractivity contribution in [3.63, 3.8) is 0 Å². The number of nitrogens with zero attached hydrogens (tertiary/aromatic N) is 1. The molecule has 0 radical (unpaired) electrons. The predicted octanol–water partition coefficient (Wildman–Crippen LogP) is 4.22. The first-order valence-corrected chi connectivity index (χ1v) is 8.41. The first-order chi connectivity index (χ1) is 11.6. The van der Waals surface area contributed by atoms with Crippen LogP contribution in [0.1, 0.15) is 44.3 Å². The molecule has 0 aromatic heterocycles. The number of benzene rings is 1. The summed E-state index contributed by atoms with van der Waals surface area (Å²) in [5, 5.41) is 14.9. The number of rotatable bonds is 8. The molecule has 1 aromatic carbocycles. The zero-order valence-corrected chi connectivity index (χ0v) is 14.4. The molecule has 2 rings (SSSR count). The van der Waals surface area contributed by atoms with Crippen LogP contribution >= 0.6 is 0 Å². The second-order valence-electron chi connectivity index (χ2n) is 6.23. The highest BCUT2D eigenvalue weighted by atomic mass is 16.6. The normalized spacial score (nSPS) is 20.3. The van der Waals surface area contributed by atoms with Crippen LogP contribution in [0.5, 0.6) is 0 Å². The van der Waals surface area contributed by atoms with Crippen LogP contribution in [0.25, 0.3) is 0 Å². The van der Waals surface area contributed by atoms with Gasteiger partial charge in [0.2, 0.25) is 0 Å². The van der Waals surface area contributed by atoms with Crippen LogP contribution in [-0.4, -0.2) is 18.1 Å². The third kappa shape index (κ3) is 4.23. The van der Waals surface area contributed by atoms with Crippen LogP contribution in [0.4, 0.5) is 0 Å². The molecule has 1 aliphatic carbocycles. The molecule has 5 heteroatoms. The average molecular weight is 330 g/mol. The van der Waals surface area contributed by atoms with Crippen LogP contribution in [0.15, 0.2) is 54.4 Å². The zero-order valence-electron chi connectivity index (χ0n) is 14.4. The first-order valence-electron chi connectivity index (χ1n) is 8.41. The lowest BCUT2D eigenvalue weighted by Gasteiger charge is -2.31. The Morgan fingerprint density at radius 2 is 2.17 bits per heavy atom. The molecule has 3 atom stereocenters. The molecule has 0 saturated heterocycles. The molecular weight excluding hydrogens is 304 g/mol. The maximum absolute atomic E-state index is 11.5. The van der Waals surface area contributed by atoms with Gasteiger partial charge in [-0.15, -0.1) is 6.58 Å². The quantitative estimate of drug-likeness (QED) is 0.440. The number of nitrogens with one attached hydrogen (secondary N) is 1. The van der Waals surface area contributed by atoms with E-state index in [1.54, 1.807) is 7.11 Å². The van der Waals surface area contributed by atoms with Gasteiger partial charge in [0.25, 0.3) is 5.70 Å². The fourth-order valence-electron chi connectivity index (χ4n) is 3.45. The zero-order chi connectivity index (χ0) is 17.5. The smallest absolute Gasteiger partial charge is 0.265 e. The molecule has 0 heterocycles. The lowest BCUT2D eigenvalue weighted by atomic mass is 9.87. The van der Waals surface area contributed by atoms with Crippen LogP contribution < -0.4 is 5.32 Å². The van der Waals surface area contributed by atoms with Crippen molar-refractivity contribution in [1.82, 2.24) is 5.32 Å². The standard InChI is InChI=1S/C19H26N2O3/c1-4-9-15-12-8-13-17(21(22)23)18(15)20-14(2)19(24-3)16-10-6-5-7-11-16/h4-7,10-11,14-15,19-20H,1,8-9,12-13H2,2-3H3/t14-,15+,19+/m1/s1. The summed E-state index contributed by atoms with van der Waals surface area (Å²) < 4.78 is 5.66. The van der Waals surface area contributed by atoms with Gasteiger partial charge in [0.1, 0.15) is 6.10 Å². The summed E-state index contributed by atoms with van der Waals surface area (Å²) in [5.74, 6) is 0.132. The Hall–Kier alpha value is -2.14. The number of allylic oxidation sites excluding steroid dienone is 3. The molecule has 130 valence electrons. The summed E-state index contributed by atoms with van der Waals surface area (Å²) in [6.45, 7) is 5.80. The van der Waals surface area contributed by atoms with Crippen molar-refractivity contribution in [3.8, 4) is 0 Å². The van der Waals surface area contributed by atoms with Gasteiger partial charge < -0.3 is 10.1 Å². The highest BCUT2D eigenvalue weighted by Gasteiger charge is 2.32. The topological polar surface area (TPSA) is 64.4 Å². The molecule has 1 aromatic rings. The van der Waals surface area contributed by atoms with E-state index in [-0.39, 0.29) is 23.0 Å². The van der Waals surface area contributed by atoms with Gasteiger partial charge in [-0.2, -0.15) is 0 Å². The Balaban J connectivity index is 2.26. The van der Waals surface area contributed by atoms with Gasteiger partial charge in [-0.05, 0) is 31.7 Å². The van der Waals surface area contributed by atoms with Crippen LogP contribution in [-0.2, 0) is 4.74 Å². The second kappa shape index (κ2) is 8.64. The molecule has 1 N–H and O–H groups in total. The fraction of sp³-hybridized carbons (Fsp3) is 0.474. The Labute approximate surface area is 143 Å². The number of hydrogen-bond donors (Lipinski definition) is 1. The number of ether oxygens (including phenoxy) is 1. The number of hydrogen-bond acceptors (Lipinski definition) is 4. The predicted molar refractivity (Wildman–Crippen MR) is 95.0 cm³/mol.